The van der Waals surface area contributed by atoms with Crippen molar-refractivity contribution in [1.29, 1.82) is 0 Å². The van der Waals surface area contributed by atoms with Crippen LogP contribution in [0.15, 0.2) is 42.5 Å². The average molecular weight is 353 g/mol. The first-order valence-corrected chi connectivity index (χ1v) is 8.61. The Morgan fingerprint density at radius 2 is 1.88 bits per heavy atom. The fourth-order valence-corrected chi connectivity index (χ4v) is 3.28. The molecule has 2 atom stereocenters. The number of amides is 1. The van der Waals surface area contributed by atoms with Gasteiger partial charge in [-0.05, 0) is 47.7 Å². The Hall–Kier alpha value is -3.02. The van der Waals surface area contributed by atoms with Crippen LogP contribution in [-0.4, -0.2) is 30.2 Å². The van der Waals surface area contributed by atoms with Crippen molar-refractivity contribution in [2.75, 3.05) is 13.2 Å². The van der Waals surface area contributed by atoms with E-state index in [9.17, 15) is 9.59 Å². The van der Waals surface area contributed by atoms with Gasteiger partial charge in [0, 0.05) is 12.5 Å². The van der Waals surface area contributed by atoms with E-state index in [0.717, 1.165) is 29.0 Å². The number of hydrogen-bond acceptors (Lipinski definition) is 4. The van der Waals surface area contributed by atoms with E-state index in [1.807, 2.05) is 18.2 Å². The summed E-state index contributed by atoms with van der Waals surface area (Å²) in [6.07, 6.45) is 0.806. The first kappa shape index (κ1) is 16.4. The number of fused-ring (bicyclic) bond motifs is 1. The molecule has 4 rings (SSSR count). The lowest BCUT2D eigenvalue weighted by Gasteiger charge is -2.18. The van der Waals surface area contributed by atoms with Crippen molar-refractivity contribution in [2.24, 2.45) is 5.92 Å². The maximum atomic E-state index is 12.4. The molecular weight excluding hydrogens is 334 g/mol. The van der Waals surface area contributed by atoms with Gasteiger partial charge >= 0.3 is 5.97 Å². The molecule has 0 spiro atoms. The van der Waals surface area contributed by atoms with Crippen LogP contribution in [0.25, 0.3) is 0 Å². The second-order valence-corrected chi connectivity index (χ2v) is 6.58. The number of carboxylic acids is 1. The quantitative estimate of drug-likeness (QED) is 0.863. The predicted molar refractivity (Wildman–Crippen MR) is 93.5 cm³/mol. The van der Waals surface area contributed by atoms with Crippen LogP contribution in [0.4, 0.5) is 0 Å². The zero-order chi connectivity index (χ0) is 18.1. The van der Waals surface area contributed by atoms with Crippen LogP contribution in [0.2, 0.25) is 0 Å². The summed E-state index contributed by atoms with van der Waals surface area (Å²) >= 11 is 0. The number of carboxylic acid groups (broad SMARTS) is 1. The Morgan fingerprint density at radius 3 is 2.69 bits per heavy atom. The van der Waals surface area contributed by atoms with Gasteiger partial charge < -0.3 is 19.9 Å². The molecule has 2 aliphatic rings. The Balaban J connectivity index is 1.36. The molecule has 6 heteroatoms. The topological polar surface area (TPSA) is 84.9 Å². The molecule has 1 aliphatic carbocycles. The van der Waals surface area contributed by atoms with Crippen molar-refractivity contribution < 1.29 is 24.2 Å². The van der Waals surface area contributed by atoms with E-state index in [0.29, 0.717) is 19.8 Å². The molecule has 26 heavy (non-hydrogen) atoms. The van der Waals surface area contributed by atoms with Gasteiger partial charge in [-0.15, -0.1) is 0 Å². The number of rotatable bonds is 5. The number of aromatic carboxylic acids is 1. The standard InChI is InChI=1S/C20H19NO5/c22-19(21-11-12-2-1-3-14(8-12)20(23)24)16-10-15(16)13-4-5-17-18(9-13)26-7-6-25-17/h1-5,8-9,15-16H,6-7,10-11H2,(H,21,22)(H,23,24)/t15-,16+/m1/s1. The molecule has 0 unspecified atom stereocenters. The molecular formula is C20H19NO5. The molecule has 2 aromatic carbocycles. The van der Waals surface area contributed by atoms with E-state index in [-0.39, 0.29) is 23.3 Å². The number of hydrogen-bond donors (Lipinski definition) is 2. The van der Waals surface area contributed by atoms with Crippen molar-refractivity contribution in [1.82, 2.24) is 5.32 Å². The average Bonchev–Trinajstić information content (AvgIpc) is 3.47. The van der Waals surface area contributed by atoms with Gasteiger partial charge in [-0.2, -0.15) is 0 Å². The van der Waals surface area contributed by atoms with Gasteiger partial charge in [-0.1, -0.05) is 18.2 Å². The summed E-state index contributed by atoms with van der Waals surface area (Å²) in [5.74, 6) is 0.645. The highest BCUT2D eigenvalue weighted by Crippen LogP contribution is 2.49. The van der Waals surface area contributed by atoms with Crippen LogP contribution < -0.4 is 14.8 Å². The molecule has 1 amide bonds. The largest absolute Gasteiger partial charge is 0.486 e. The molecule has 1 saturated carbocycles. The molecule has 0 bridgehead atoms. The first-order chi connectivity index (χ1) is 12.6. The van der Waals surface area contributed by atoms with Crippen molar-refractivity contribution >= 4 is 11.9 Å². The highest BCUT2D eigenvalue weighted by molar-refractivity contribution is 5.87. The summed E-state index contributed by atoms with van der Waals surface area (Å²) in [5, 5.41) is 11.9. The minimum absolute atomic E-state index is 0.00869. The molecule has 1 aliphatic heterocycles. The molecule has 1 fully saturated rings. The maximum absolute atomic E-state index is 12.4. The summed E-state index contributed by atoms with van der Waals surface area (Å²) in [6, 6.07) is 12.4. The fraction of sp³-hybridized carbons (Fsp3) is 0.300. The first-order valence-electron chi connectivity index (χ1n) is 8.61. The predicted octanol–water partition coefficient (Wildman–Crippen LogP) is 2.58. The van der Waals surface area contributed by atoms with Gasteiger partial charge in [0.2, 0.25) is 5.91 Å². The van der Waals surface area contributed by atoms with Crippen LogP contribution >= 0.6 is 0 Å². The lowest BCUT2D eigenvalue weighted by Crippen LogP contribution is -2.25. The van der Waals surface area contributed by atoms with Crippen LogP contribution in [0, 0.1) is 5.92 Å². The lowest BCUT2D eigenvalue weighted by atomic mass is 10.1. The molecule has 0 saturated heterocycles. The van der Waals surface area contributed by atoms with Crippen LogP contribution in [-0.2, 0) is 11.3 Å². The van der Waals surface area contributed by atoms with E-state index in [1.165, 1.54) is 6.07 Å². The van der Waals surface area contributed by atoms with Crippen molar-refractivity contribution in [3.05, 3.63) is 59.2 Å². The lowest BCUT2D eigenvalue weighted by molar-refractivity contribution is -0.122. The molecule has 2 N–H and O–H groups in total. The zero-order valence-corrected chi connectivity index (χ0v) is 14.1. The van der Waals surface area contributed by atoms with Crippen LogP contribution in [0.3, 0.4) is 0 Å². The smallest absolute Gasteiger partial charge is 0.335 e. The fourth-order valence-electron chi connectivity index (χ4n) is 3.28. The van der Waals surface area contributed by atoms with E-state index < -0.39 is 5.97 Å². The minimum atomic E-state index is -0.973. The summed E-state index contributed by atoms with van der Waals surface area (Å²) in [4.78, 5) is 23.4. The second-order valence-electron chi connectivity index (χ2n) is 6.58. The summed E-state index contributed by atoms with van der Waals surface area (Å²) in [5.41, 5.74) is 2.08. The number of nitrogens with one attached hydrogen (secondary N) is 1. The minimum Gasteiger partial charge on any atom is -0.486 e. The van der Waals surface area contributed by atoms with E-state index >= 15 is 0 Å². The van der Waals surface area contributed by atoms with Gasteiger partial charge in [0.15, 0.2) is 11.5 Å². The maximum Gasteiger partial charge on any atom is 0.335 e. The Labute approximate surface area is 150 Å². The highest BCUT2D eigenvalue weighted by Gasteiger charge is 2.44. The van der Waals surface area contributed by atoms with E-state index in [1.54, 1.807) is 18.2 Å². The number of carbonyl (C=O) groups excluding carboxylic acids is 1. The van der Waals surface area contributed by atoms with E-state index in [2.05, 4.69) is 5.32 Å². The van der Waals surface area contributed by atoms with Gasteiger partial charge in [-0.25, -0.2) is 4.79 Å². The molecule has 1 heterocycles. The van der Waals surface area contributed by atoms with Crippen molar-refractivity contribution in [3.8, 4) is 11.5 Å². The third-order valence-electron chi connectivity index (χ3n) is 4.76. The normalized spacial score (nSPS) is 20.3. The van der Waals surface area contributed by atoms with Gasteiger partial charge in [-0.3, -0.25) is 4.79 Å². The molecule has 2 aromatic rings. The summed E-state index contributed by atoms with van der Waals surface area (Å²) in [6.45, 7) is 1.43. The SMILES string of the molecule is O=C(O)c1cccc(CNC(=O)[C@H]2C[C@@H]2c2ccc3c(c2)OCCO3)c1. The van der Waals surface area contributed by atoms with Crippen LogP contribution in [0.1, 0.15) is 33.8 Å². The van der Waals surface area contributed by atoms with Gasteiger partial charge in [0.1, 0.15) is 13.2 Å². The van der Waals surface area contributed by atoms with Gasteiger partial charge in [0.25, 0.3) is 0 Å². The Bertz CT molecular complexity index is 863. The van der Waals surface area contributed by atoms with E-state index in [4.69, 9.17) is 14.6 Å². The monoisotopic (exact) mass is 353 g/mol. The molecule has 0 aromatic heterocycles. The number of benzene rings is 2. The highest BCUT2D eigenvalue weighted by atomic mass is 16.6. The van der Waals surface area contributed by atoms with Crippen molar-refractivity contribution in [2.45, 2.75) is 18.9 Å². The van der Waals surface area contributed by atoms with Crippen molar-refractivity contribution in [3.63, 3.8) is 0 Å². The number of ether oxygens (including phenoxy) is 2. The molecule has 6 nitrogen and oxygen atoms in total. The second kappa shape index (κ2) is 6.71. The third-order valence-corrected chi connectivity index (χ3v) is 4.76. The van der Waals surface area contributed by atoms with Crippen LogP contribution in [0.5, 0.6) is 11.5 Å². The molecule has 134 valence electrons. The molecule has 0 radical (unpaired) electrons. The summed E-state index contributed by atoms with van der Waals surface area (Å²) < 4.78 is 11.1. The van der Waals surface area contributed by atoms with Gasteiger partial charge in [0.05, 0.1) is 5.56 Å². The third kappa shape index (κ3) is 3.35. The summed E-state index contributed by atoms with van der Waals surface area (Å²) in [7, 11) is 0. The zero-order valence-electron chi connectivity index (χ0n) is 14.1. The number of carbonyl (C=O) groups is 2. The Kier molecular flexibility index (Phi) is 4.24. The Morgan fingerprint density at radius 1 is 1.08 bits per heavy atom.